The Bertz CT molecular complexity index is 507. The van der Waals surface area contributed by atoms with Crippen LogP contribution in [0.2, 0.25) is 0 Å². The lowest BCUT2D eigenvalue weighted by Crippen LogP contribution is -2.10. The van der Waals surface area contributed by atoms with E-state index in [0.717, 1.165) is 12.8 Å². The molecular weight excluding hydrogens is 448 g/mol. The minimum absolute atomic E-state index is 0.566. The van der Waals surface area contributed by atoms with Gasteiger partial charge < -0.3 is 0 Å². The minimum Gasteiger partial charge on any atom is -0.160 e. The molecule has 0 amide bonds. The van der Waals surface area contributed by atoms with Crippen molar-refractivity contribution in [3.8, 4) is 0 Å². The first-order valence-electron chi connectivity index (χ1n) is 17.2. The van der Waals surface area contributed by atoms with Gasteiger partial charge in [-0.3, -0.25) is 0 Å². The van der Waals surface area contributed by atoms with Gasteiger partial charge in [0.15, 0.2) is 0 Å². The summed E-state index contributed by atoms with van der Waals surface area (Å²) in [5, 5.41) is 9.43. The van der Waals surface area contributed by atoms with E-state index in [-0.39, 0.29) is 0 Å². The van der Waals surface area contributed by atoms with Gasteiger partial charge in [-0.1, -0.05) is 169 Å². The third kappa shape index (κ3) is 26.7. The molecule has 220 valence electrons. The molecule has 0 rings (SSSR count). The Labute approximate surface area is 235 Å². The number of unbranched alkanes of at least 4 members (excludes halogenated alkanes) is 22. The molecule has 0 saturated carbocycles. The fourth-order valence-electron chi connectivity index (χ4n) is 5.20. The van der Waals surface area contributed by atoms with Crippen LogP contribution in [0.4, 0.5) is 0 Å². The van der Waals surface area contributed by atoms with Crippen molar-refractivity contribution < 1.29 is 0 Å². The van der Waals surface area contributed by atoms with Gasteiger partial charge in [-0.2, -0.15) is 10.2 Å². The highest BCUT2D eigenvalue weighted by molar-refractivity contribution is 5.88. The summed E-state index contributed by atoms with van der Waals surface area (Å²) < 4.78 is 0. The van der Waals surface area contributed by atoms with Gasteiger partial charge in [0, 0.05) is 11.4 Å². The third-order valence-electron chi connectivity index (χ3n) is 8.21. The van der Waals surface area contributed by atoms with Crippen LogP contribution < -0.4 is 0 Å². The van der Waals surface area contributed by atoms with Crippen molar-refractivity contribution in [3.63, 3.8) is 0 Å². The van der Waals surface area contributed by atoms with E-state index >= 15 is 0 Å². The van der Waals surface area contributed by atoms with Crippen molar-refractivity contribution in [1.29, 1.82) is 0 Å². The van der Waals surface area contributed by atoms with Gasteiger partial charge >= 0.3 is 0 Å². The number of hydrogen-bond donors (Lipinski definition) is 0. The molecule has 0 aliphatic heterocycles. The molecule has 0 aliphatic carbocycles. The summed E-state index contributed by atoms with van der Waals surface area (Å²) in [6, 6.07) is 0. The van der Waals surface area contributed by atoms with Crippen LogP contribution >= 0.6 is 0 Å². The second kappa shape index (κ2) is 29.9. The van der Waals surface area contributed by atoms with E-state index in [1.54, 1.807) is 0 Å². The molecule has 0 bridgehead atoms. The Hall–Kier alpha value is -0.660. The molecule has 2 heteroatoms. The lowest BCUT2D eigenvalue weighted by atomic mass is 9.97. The number of hydrogen-bond acceptors (Lipinski definition) is 2. The second-order valence-corrected chi connectivity index (χ2v) is 12.0. The molecule has 0 N–H and O–H groups in total. The van der Waals surface area contributed by atoms with Crippen molar-refractivity contribution in [2.24, 2.45) is 16.1 Å². The van der Waals surface area contributed by atoms with E-state index < -0.39 is 0 Å². The van der Waals surface area contributed by atoms with Crippen LogP contribution in [0.5, 0.6) is 0 Å². The van der Waals surface area contributed by atoms with Crippen LogP contribution in [0.15, 0.2) is 10.2 Å². The molecular formula is C35H70N2. The van der Waals surface area contributed by atoms with Crippen molar-refractivity contribution in [2.75, 3.05) is 0 Å². The Morgan fingerprint density at radius 2 is 0.757 bits per heavy atom. The van der Waals surface area contributed by atoms with Crippen LogP contribution in [-0.2, 0) is 0 Å². The lowest BCUT2D eigenvalue weighted by molar-refractivity contribution is 0.544. The molecule has 0 aromatic heterocycles. The smallest absolute Gasteiger partial charge is 0.0433 e. The standard InChI is InChI=1S/C35H70N2/c1-6-9-11-13-15-17-19-21-23-25-27-29-31-34(5)36-37-35(33(4)8-3)32-30-28-26-24-22-20-18-16-14-12-10-7-2/h33H,6-32H2,1-5H3. The molecule has 0 spiro atoms. The van der Waals surface area contributed by atoms with E-state index in [2.05, 4.69) is 39.7 Å². The van der Waals surface area contributed by atoms with Crippen LogP contribution in [0.25, 0.3) is 0 Å². The van der Waals surface area contributed by atoms with Gasteiger partial charge in [-0.05, 0) is 44.9 Å². The van der Waals surface area contributed by atoms with E-state index in [4.69, 9.17) is 5.10 Å². The average molecular weight is 519 g/mol. The highest BCUT2D eigenvalue weighted by atomic mass is 15.2. The fraction of sp³-hybridized carbons (Fsp3) is 0.943. The average Bonchev–Trinajstić information content (AvgIpc) is 2.91. The van der Waals surface area contributed by atoms with E-state index in [9.17, 15) is 0 Å². The predicted molar refractivity (Wildman–Crippen MR) is 171 cm³/mol. The zero-order valence-electron chi connectivity index (χ0n) is 26.6. The zero-order chi connectivity index (χ0) is 27.2. The van der Waals surface area contributed by atoms with E-state index in [1.807, 2.05) is 0 Å². The summed E-state index contributed by atoms with van der Waals surface area (Å²) in [5.41, 5.74) is 2.56. The largest absolute Gasteiger partial charge is 0.160 e. The zero-order valence-corrected chi connectivity index (χ0v) is 26.6. The van der Waals surface area contributed by atoms with Gasteiger partial charge in [0.2, 0.25) is 0 Å². The number of rotatable bonds is 29. The second-order valence-electron chi connectivity index (χ2n) is 12.0. The van der Waals surface area contributed by atoms with Crippen LogP contribution in [0.3, 0.4) is 0 Å². The molecule has 0 heterocycles. The molecule has 0 radical (unpaired) electrons. The summed E-state index contributed by atoms with van der Waals surface area (Å²) in [6.07, 6.45) is 37.2. The predicted octanol–water partition coefficient (Wildman–Crippen LogP) is 13.0. The van der Waals surface area contributed by atoms with Gasteiger partial charge in [-0.25, -0.2) is 0 Å². The first kappa shape index (κ1) is 36.3. The summed E-state index contributed by atoms with van der Waals surface area (Å²) >= 11 is 0. The molecule has 1 atom stereocenters. The maximum Gasteiger partial charge on any atom is 0.0433 e. The van der Waals surface area contributed by atoms with Gasteiger partial charge in [0.05, 0.1) is 0 Å². The topological polar surface area (TPSA) is 24.7 Å². The summed E-state index contributed by atoms with van der Waals surface area (Å²) in [7, 11) is 0. The summed E-state index contributed by atoms with van der Waals surface area (Å²) in [5.74, 6) is 0.566. The Balaban J connectivity index is 3.86. The van der Waals surface area contributed by atoms with Crippen LogP contribution in [0, 0.1) is 5.92 Å². The maximum absolute atomic E-state index is 4.76. The van der Waals surface area contributed by atoms with Crippen molar-refractivity contribution in [1.82, 2.24) is 0 Å². The van der Waals surface area contributed by atoms with Crippen molar-refractivity contribution >= 4 is 11.4 Å². The molecule has 2 nitrogen and oxygen atoms in total. The normalized spacial score (nSPS) is 13.4. The van der Waals surface area contributed by atoms with Crippen molar-refractivity contribution in [3.05, 3.63) is 0 Å². The third-order valence-corrected chi connectivity index (χ3v) is 8.21. The molecule has 0 aromatic rings. The van der Waals surface area contributed by atoms with Gasteiger partial charge in [0.1, 0.15) is 0 Å². The summed E-state index contributed by atoms with van der Waals surface area (Å²) in [6.45, 7) is 11.4. The minimum atomic E-state index is 0.566. The summed E-state index contributed by atoms with van der Waals surface area (Å²) in [4.78, 5) is 0. The number of nitrogens with zero attached hydrogens (tertiary/aromatic N) is 2. The van der Waals surface area contributed by atoms with Gasteiger partial charge in [0.25, 0.3) is 0 Å². The molecule has 0 saturated heterocycles. The van der Waals surface area contributed by atoms with E-state index in [0.29, 0.717) is 5.92 Å². The first-order chi connectivity index (χ1) is 18.2. The molecule has 37 heavy (non-hydrogen) atoms. The molecule has 0 aliphatic rings. The van der Waals surface area contributed by atoms with Crippen molar-refractivity contribution in [2.45, 2.75) is 208 Å². The highest BCUT2D eigenvalue weighted by Gasteiger charge is 2.08. The maximum atomic E-state index is 4.76. The Kier molecular flexibility index (Phi) is 29.4. The molecule has 0 fully saturated rings. The quantitative estimate of drug-likeness (QED) is 0.0534. The SMILES string of the molecule is CCCCCCCCCCCCCCC(C)=NN=C(CCCCCCCCCCCCCC)C(C)CC. The van der Waals surface area contributed by atoms with Crippen LogP contribution in [0.1, 0.15) is 208 Å². The highest BCUT2D eigenvalue weighted by Crippen LogP contribution is 2.16. The monoisotopic (exact) mass is 519 g/mol. The van der Waals surface area contributed by atoms with E-state index in [1.165, 1.54) is 172 Å². The first-order valence-corrected chi connectivity index (χ1v) is 17.2. The van der Waals surface area contributed by atoms with Crippen LogP contribution in [-0.4, -0.2) is 11.4 Å². The molecule has 1 unspecified atom stereocenters. The fourth-order valence-corrected chi connectivity index (χ4v) is 5.20. The van der Waals surface area contributed by atoms with Gasteiger partial charge in [-0.15, -0.1) is 0 Å². The molecule has 0 aromatic carbocycles. The Morgan fingerprint density at radius 1 is 0.432 bits per heavy atom. The lowest BCUT2D eigenvalue weighted by Gasteiger charge is -2.11. The Morgan fingerprint density at radius 3 is 1.11 bits per heavy atom.